The van der Waals surface area contributed by atoms with Gasteiger partial charge in [0.1, 0.15) is 0 Å². The molecule has 10 heteroatoms. The Balaban J connectivity index is 1.61. The van der Waals surface area contributed by atoms with Crippen LogP contribution in [0.5, 0.6) is 0 Å². The van der Waals surface area contributed by atoms with E-state index in [1.165, 1.54) is 0 Å². The number of rotatable bonds is 2. The zero-order chi connectivity index (χ0) is 21.9. The van der Waals surface area contributed by atoms with E-state index in [0.717, 1.165) is 16.6 Å². The minimum atomic E-state index is -3.60. The summed E-state index contributed by atoms with van der Waals surface area (Å²) in [6.07, 6.45) is 1.72. The van der Waals surface area contributed by atoms with E-state index >= 15 is 0 Å². The molecule has 1 fully saturated rings. The van der Waals surface area contributed by atoms with Crippen molar-refractivity contribution in [1.29, 1.82) is 0 Å². The number of hydrogen-bond donors (Lipinski definition) is 1. The van der Waals surface area contributed by atoms with Crippen LogP contribution in [0.2, 0.25) is 0 Å². The van der Waals surface area contributed by atoms with Gasteiger partial charge >= 0.3 is 0 Å². The van der Waals surface area contributed by atoms with Crippen LogP contribution < -0.4 is 0 Å². The average Bonchev–Trinajstić information content (AvgIpc) is 3.43. The minimum absolute atomic E-state index is 0.173. The van der Waals surface area contributed by atoms with E-state index in [0.29, 0.717) is 43.1 Å². The van der Waals surface area contributed by atoms with Gasteiger partial charge in [-0.05, 0) is 24.3 Å². The van der Waals surface area contributed by atoms with Gasteiger partial charge in [-0.3, -0.25) is 9.89 Å². The standard InChI is InChI=1S/C22H19N5O4S/c28-22(26-7-9-31-10-8-26)20-17-13-32(29,30)19-4-2-1-3-16(19)21(17)27(25-20)15-5-6-18-14(11-15)12-23-24-18/h1-6,11-12H,7-10,13H2,(H,23,24). The summed E-state index contributed by atoms with van der Waals surface area (Å²) in [6.45, 7) is 1.80. The molecule has 32 heavy (non-hydrogen) atoms. The van der Waals surface area contributed by atoms with Gasteiger partial charge in [-0.2, -0.15) is 10.2 Å². The third-order valence-corrected chi connectivity index (χ3v) is 7.66. The molecule has 0 radical (unpaired) electrons. The Morgan fingerprint density at radius 2 is 1.91 bits per heavy atom. The second kappa shape index (κ2) is 7.01. The maximum atomic E-state index is 13.4. The normalized spacial score (nSPS) is 17.2. The molecule has 0 saturated carbocycles. The van der Waals surface area contributed by atoms with Crippen molar-refractivity contribution in [3.05, 3.63) is 59.9 Å². The van der Waals surface area contributed by atoms with Crippen LogP contribution in [-0.4, -0.2) is 65.5 Å². The number of nitrogens with one attached hydrogen (secondary N) is 1. The predicted octanol–water partition coefficient (Wildman–Crippen LogP) is 2.18. The van der Waals surface area contributed by atoms with Crippen molar-refractivity contribution in [2.45, 2.75) is 10.6 Å². The molecular formula is C22H19N5O4S. The van der Waals surface area contributed by atoms with E-state index in [9.17, 15) is 13.2 Å². The highest BCUT2D eigenvalue weighted by Gasteiger charge is 2.37. The van der Waals surface area contributed by atoms with Crippen molar-refractivity contribution in [2.24, 2.45) is 0 Å². The fraction of sp³-hybridized carbons (Fsp3) is 0.227. The number of amides is 1. The number of sulfone groups is 1. The van der Waals surface area contributed by atoms with Gasteiger partial charge in [-0.15, -0.1) is 0 Å². The Labute approximate surface area is 183 Å². The molecule has 1 amide bonds. The summed E-state index contributed by atoms with van der Waals surface area (Å²) in [7, 11) is -3.60. The van der Waals surface area contributed by atoms with E-state index < -0.39 is 9.84 Å². The maximum Gasteiger partial charge on any atom is 0.274 e. The van der Waals surface area contributed by atoms with Crippen LogP contribution in [0.1, 0.15) is 16.1 Å². The van der Waals surface area contributed by atoms with Crippen LogP contribution in [-0.2, 0) is 20.3 Å². The topological polar surface area (TPSA) is 110 Å². The summed E-state index contributed by atoms with van der Waals surface area (Å²) in [5.41, 5.74) is 3.40. The second-order valence-corrected chi connectivity index (χ2v) is 9.85. The van der Waals surface area contributed by atoms with E-state index in [1.807, 2.05) is 18.2 Å². The predicted molar refractivity (Wildman–Crippen MR) is 116 cm³/mol. The van der Waals surface area contributed by atoms with Crippen LogP contribution >= 0.6 is 0 Å². The number of fused-ring (bicyclic) bond motifs is 4. The molecule has 0 atom stereocenters. The molecule has 2 aliphatic rings. The first-order chi connectivity index (χ1) is 15.5. The lowest BCUT2D eigenvalue weighted by Crippen LogP contribution is -2.41. The fourth-order valence-corrected chi connectivity index (χ4v) is 6.00. The molecule has 1 saturated heterocycles. The third kappa shape index (κ3) is 2.87. The molecule has 4 aromatic rings. The van der Waals surface area contributed by atoms with Crippen molar-refractivity contribution in [3.63, 3.8) is 0 Å². The lowest BCUT2D eigenvalue weighted by molar-refractivity contribution is 0.0298. The van der Waals surface area contributed by atoms with Gasteiger partial charge in [0.2, 0.25) is 0 Å². The third-order valence-electron chi connectivity index (χ3n) is 5.96. The molecule has 0 unspecified atom stereocenters. The second-order valence-electron chi connectivity index (χ2n) is 7.89. The number of carbonyl (C=O) groups is 1. The number of hydrogen-bond acceptors (Lipinski definition) is 6. The molecule has 2 aromatic carbocycles. The van der Waals surface area contributed by atoms with Crippen LogP contribution in [0.15, 0.2) is 53.6 Å². The van der Waals surface area contributed by atoms with Gasteiger partial charge in [0.05, 0.1) is 47.0 Å². The van der Waals surface area contributed by atoms with Crippen LogP contribution in [0, 0.1) is 0 Å². The first kappa shape index (κ1) is 19.2. The molecule has 6 rings (SSSR count). The average molecular weight is 449 g/mol. The van der Waals surface area contributed by atoms with E-state index in [1.54, 1.807) is 40.0 Å². The molecule has 1 N–H and O–H groups in total. The number of carbonyl (C=O) groups excluding carboxylic acids is 1. The summed E-state index contributed by atoms with van der Waals surface area (Å²) in [4.78, 5) is 15.3. The summed E-state index contributed by atoms with van der Waals surface area (Å²) < 4.78 is 33.2. The van der Waals surface area contributed by atoms with Gasteiger partial charge in [0, 0.05) is 29.6 Å². The molecule has 0 bridgehead atoms. The Morgan fingerprint density at radius 3 is 2.75 bits per heavy atom. The smallest absolute Gasteiger partial charge is 0.274 e. The van der Waals surface area contributed by atoms with Gasteiger partial charge in [-0.25, -0.2) is 13.1 Å². The number of morpholine rings is 1. The van der Waals surface area contributed by atoms with Crippen molar-refractivity contribution < 1.29 is 17.9 Å². The molecule has 9 nitrogen and oxygen atoms in total. The zero-order valence-corrected chi connectivity index (χ0v) is 17.8. The summed E-state index contributed by atoms with van der Waals surface area (Å²) in [6, 6.07) is 12.6. The van der Waals surface area contributed by atoms with Crippen LogP contribution in [0.25, 0.3) is 27.8 Å². The number of benzene rings is 2. The van der Waals surface area contributed by atoms with E-state index in [2.05, 4.69) is 15.3 Å². The Bertz CT molecular complexity index is 1480. The number of aromatic amines is 1. The SMILES string of the molecule is O=C(c1nn(-c2ccc3[nH]ncc3c2)c2c1CS(=O)(=O)c1ccccc1-2)N1CCOCC1. The van der Waals surface area contributed by atoms with Gasteiger partial charge in [0.15, 0.2) is 15.5 Å². The molecule has 162 valence electrons. The zero-order valence-electron chi connectivity index (χ0n) is 17.0. The summed E-state index contributed by atoms with van der Waals surface area (Å²) in [5, 5.41) is 12.6. The van der Waals surface area contributed by atoms with Gasteiger partial charge < -0.3 is 9.64 Å². The van der Waals surface area contributed by atoms with Crippen LogP contribution in [0.4, 0.5) is 0 Å². The van der Waals surface area contributed by atoms with Gasteiger partial charge in [-0.1, -0.05) is 18.2 Å². The van der Waals surface area contributed by atoms with Gasteiger partial charge in [0.25, 0.3) is 5.91 Å². The largest absolute Gasteiger partial charge is 0.378 e. The van der Waals surface area contributed by atoms with Crippen molar-refractivity contribution in [1.82, 2.24) is 24.9 Å². The highest BCUT2D eigenvalue weighted by atomic mass is 32.2. The molecule has 2 aromatic heterocycles. The van der Waals surface area contributed by atoms with Crippen LogP contribution in [0.3, 0.4) is 0 Å². The first-order valence-electron chi connectivity index (χ1n) is 10.3. The van der Waals surface area contributed by atoms with E-state index in [4.69, 9.17) is 4.74 Å². The maximum absolute atomic E-state index is 13.4. The Morgan fingerprint density at radius 1 is 1.09 bits per heavy atom. The molecule has 0 spiro atoms. The number of H-pyrrole nitrogens is 1. The Kier molecular flexibility index (Phi) is 4.21. The summed E-state index contributed by atoms with van der Waals surface area (Å²) >= 11 is 0. The first-order valence-corrected chi connectivity index (χ1v) is 11.9. The molecule has 0 aliphatic carbocycles. The monoisotopic (exact) mass is 449 g/mol. The number of nitrogens with zero attached hydrogens (tertiary/aromatic N) is 4. The molecule has 2 aliphatic heterocycles. The lowest BCUT2D eigenvalue weighted by Gasteiger charge is -2.26. The van der Waals surface area contributed by atoms with Crippen molar-refractivity contribution in [3.8, 4) is 16.9 Å². The Hall–Kier alpha value is -3.50. The van der Waals surface area contributed by atoms with Crippen molar-refractivity contribution in [2.75, 3.05) is 26.3 Å². The number of aromatic nitrogens is 4. The quantitative estimate of drug-likeness (QED) is 0.502. The van der Waals surface area contributed by atoms with E-state index in [-0.39, 0.29) is 22.2 Å². The lowest BCUT2D eigenvalue weighted by atomic mass is 10.0. The van der Waals surface area contributed by atoms with Crippen molar-refractivity contribution >= 4 is 26.6 Å². The highest BCUT2D eigenvalue weighted by Crippen LogP contribution is 2.41. The molecular weight excluding hydrogens is 430 g/mol. The highest BCUT2D eigenvalue weighted by molar-refractivity contribution is 7.90. The minimum Gasteiger partial charge on any atom is -0.378 e. The fourth-order valence-electron chi connectivity index (χ4n) is 4.40. The molecule has 4 heterocycles. The number of ether oxygens (including phenoxy) is 1. The summed E-state index contributed by atoms with van der Waals surface area (Å²) in [5.74, 6) is -0.541.